The fourth-order valence-electron chi connectivity index (χ4n) is 2.28. The Morgan fingerprint density at radius 2 is 2.00 bits per heavy atom. The van der Waals surface area contributed by atoms with E-state index in [1.807, 2.05) is 26.2 Å². The molecule has 0 radical (unpaired) electrons. The number of nitrogens with one attached hydrogen (secondary N) is 1. The van der Waals surface area contributed by atoms with Crippen LogP contribution in [-0.2, 0) is 4.74 Å². The monoisotopic (exact) mass is 278 g/mol. The van der Waals surface area contributed by atoms with Crippen LogP contribution in [0.5, 0.6) is 5.75 Å². The van der Waals surface area contributed by atoms with Crippen molar-refractivity contribution in [1.82, 2.24) is 4.90 Å². The largest absolute Gasteiger partial charge is 0.492 e. The topological polar surface area (TPSA) is 33.7 Å². The Labute approximate surface area is 122 Å². The summed E-state index contributed by atoms with van der Waals surface area (Å²) < 4.78 is 11.2. The third-order valence-electron chi connectivity index (χ3n) is 3.48. The minimum atomic E-state index is 0.526. The first-order chi connectivity index (χ1) is 9.74. The first-order valence-corrected chi connectivity index (χ1v) is 7.46. The van der Waals surface area contributed by atoms with Crippen LogP contribution in [-0.4, -0.2) is 51.4 Å². The molecule has 1 unspecified atom stereocenters. The molecule has 20 heavy (non-hydrogen) atoms. The van der Waals surface area contributed by atoms with Crippen LogP contribution in [0.15, 0.2) is 24.3 Å². The smallest absolute Gasteiger partial charge is 0.119 e. The third-order valence-corrected chi connectivity index (χ3v) is 3.48. The van der Waals surface area contributed by atoms with Gasteiger partial charge in [0.1, 0.15) is 12.4 Å². The van der Waals surface area contributed by atoms with Gasteiger partial charge in [-0.15, -0.1) is 0 Å². The minimum Gasteiger partial charge on any atom is -0.492 e. The molecule has 0 saturated carbocycles. The second kappa shape index (κ2) is 8.12. The van der Waals surface area contributed by atoms with Crippen molar-refractivity contribution in [3.05, 3.63) is 24.3 Å². The van der Waals surface area contributed by atoms with E-state index in [0.29, 0.717) is 6.04 Å². The van der Waals surface area contributed by atoms with E-state index < -0.39 is 0 Å². The van der Waals surface area contributed by atoms with Gasteiger partial charge >= 0.3 is 0 Å². The van der Waals surface area contributed by atoms with Crippen molar-refractivity contribution >= 4 is 5.69 Å². The van der Waals surface area contributed by atoms with E-state index in [-0.39, 0.29) is 0 Å². The zero-order valence-electron chi connectivity index (χ0n) is 12.6. The summed E-state index contributed by atoms with van der Waals surface area (Å²) in [5.41, 5.74) is 1.16. The molecule has 112 valence electrons. The lowest BCUT2D eigenvalue weighted by Gasteiger charge is -2.17. The van der Waals surface area contributed by atoms with Gasteiger partial charge in [0.25, 0.3) is 0 Å². The summed E-state index contributed by atoms with van der Waals surface area (Å²) in [6.45, 7) is 3.42. The van der Waals surface area contributed by atoms with Gasteiger partial charge in [-0.25, -0.2) is 0 Å². The van der Waals surface area contributed by atoms with E-state index in [0.717, 1.165) is 50.6 Å². The lowest BCUT2D eigenvalue weighted by molar-refractivity contribution is 0.144. The molecule has 1 aromatic rings. The molecular weight excluding hydrogens is 252 g/mol. The van der Waals surface area contributed by atoms with Gasteiger partial charge in [-0.2, -0.15) is 0 Å². The van der Waals surface area contributed by atoms with E-state index in [4.69, 9.17) is 9.47 Å². The highest BCUT2D eigenvalue weighted by Gasteiger charge is 2.11. The Morgan fingerprint density at radius 3 is 2.75 bits per heavy atom. The molecule has 1 aliphatic rings. The highest BCUT2D eigenvalue weighted by atomic mass is 16.5. The maximum absolute atomic E-state index is 5.69. The molecule has 1 fully saturated rings. The standard InChI is InChI=1S/C16H26N2O2/c1-18(2)10-13-20-16-7-5-15(6-8-16)17-14-4-3-11-19-12-9-14/h5-8,14,17H,3-4,9-13H2,1-2H3. The molecule has 0 aliphatic carbocycles. The minimum absolute atomic E-state index is 0.526. The molecule has 1 aromatic carbocycles. The zero-order chi connectivity index (χ0) is 14.2. The number of rotatable bonds is 6. The molecular formula is C16H26N2O2. The third kappa shape index (κ3) is 5.39. The van der Waals surface area contributed by atoms with Gasteiger partial charge in [0.2, 0.25) is 0 Å². The number of hydrogen-bond acceptors (Lipinski definition) is 4. The van der Waals surface area contributed by atoms with Crippen LogP contribution in [0, 0.1) is 0 Å². The molecule has 0 aromatic heterocycles. The number of benzene rings is 1. The van der Waals surface area contributed by atoms with Crippen LogP contribution in [0.1, 0.15) is 19.3 Å². The molecule has 1 heterocycles. The average Bonchev–Trinajstić information content (AvgIpc) is 2.69. The molecule has 1 saturated heterocycles. The lowest BCUT2D eigenvalue weighted by atomic mass is 10.1. The van der Waals surface area contributed by atoms with E-state index in [1.165, 1.54) is 6.42 Å². The zero-order valence-corrected chi connectivity index (χ0v) is 12.6. The van der Waals surface area contributed by atoms with E-state index in [1.54, 1.807) is 0 Å². The molecule has 4 nitrogen and oxygen atoms in total. The average molecular weight is 278 g/mol. The van der Waals surface area contributed by atoms with Crippen molar-refractivity contribution in [2.75, 3.05) is 45.8 Å². The summed E-state index contributed by atoms with van der Waals surface area (Å²) >= 11 is 0. The second-order valence-electron chi connectivity index (χ2n) is 5.56. The normalized spacial score (nSPS) is 19.6. The highest BCUT2D eigenvalue weighted by Crippen LogP contribution is 2.19. The summed E-state index contributed by atoms with van der Waals surface area (Å²) in [7, 11) is 4.10. The predicted molar refractivity (Wildman–Crippen MR) is 82.6 cm³/mol. The number of hydrogen-bond donors (Lipinski definition) is 1. The Kier molecular flexibility index (Phi) is 6.15. The number of likely N-dealkylation sites (N-methyl/N-ethyl adjacent to an activating group) is 1. The van der Waals surface area contributed by atoms with E-state index in [9.17, 15) is 0 Å². The van der Waals surface area contributed by atoms with Gasteiger partial charge in [0, 0.05) is 31.5 Å². The van der Waals surface area contributed by atoms with Gasteiger partial charge in [-0.3, -0.25) is 0 Å². The molecule has 1 N–H and O–H groups in total. The summed E-state index contributed by atoms with van der Waals surface area (Å²) in [5.74, 6) is 0.932. The van der Waals surface area contributed by atoms with Crippen molar-refractivity contribution in [1.29, 1.82) is 0 Å². The quantitative estimate of drug-likeness (QED) is 0.867. The molecule has 0 amide bonds. The molecule has 4 heteroatoms. The summed E-state index contributed by atoms with van der Waals surface area (Å²) in [5, 5.41) is 3.58. The van der Waals surface area contributed by atoms with Crippen LogP contribution < -0.4 is 10.1 Å². The SMILES string of the molecule is CN(C)CCOc1ccc(NC2CCCOCC2)cc1. The van der Waals surface area contributed by atoms with Gasteiger partial charge in [0.05, 0.1) is 0 Å². The van der Waals surface area contributed by atoms with Crippen LogP contribution >= 0.6 is 0 Å². The summed E-state index contributed by atoms with van der Waals surface area (Å²) in [4.78, 5) is 2.12. The van der Waals surface area contributed by atoms with Crippen LogP contribution in [0.2, 0.25) is 0 Å². The van der Waals surface area contributed by atoms with Crippen molar-refractivity contribution in [2.45, 2.75) is 25.3 Å². The number of ether oxygens (including phenoxy) is 2. The van der Waals surface area contributed by atoms with Crippen molar-refractivity contribution < 1.29 is 9.47 Å². The molecule has 1 aliphatic heterocycles. The van der Waals surface area contributed by atoms with Gasteiger partial charge in [-0.1, -0.05) is 0 Å². The first-order valence-electron chi connectivity index (χ1n) is 7.46. The van der Waals surface area contributed by atoms with Crippen molar-refractivity contribution in [2.24, 2.45) is 0 Å². The van der Waals surface area contributed by atoms with E-state index in [2.05, 4.69) is 22.3 Å². The van der Waals surface area contributed by atoms with Crippen molar-refractivity contribution in [3.63, 3.8) is 0 Å². The summed E-state index contributed by atoms with van der Waals surface area (Å²) in [6.07, 6.45) is 3.41. The predicted octanol–water partition coefficient (Wildman–Crippen LogP) is 2.61. The highest BCUT2D eigenvalue weighted by molar-refractivity contribution is 5.47. The second-order valence-corrected chi connectivity index (χ2v) is 5.56. The number of nitrogens with zero attached hydrogens (tertiary/aromatic N) is 1. The van der Waals surface area contributed by atoms with Gasteiger partial charge in [-0.05, 0) is 57.6 Å². The Bertz CT molecular complexity index is 371. The molecule has 1 atom stereocenters. The van der Waals surface area contributed by atoms with Crippen LogP contribution in [0.4, 0.5) is 5.69 Å². The number of anilines is 1. The fraction of sp³-hybridized carbons (Fsp3) is 0.625. The van der Waals surface area contributed by atoms with Gasteiger partial charge in [0.15, 0.2) is 0 Å². The van der Waals surface area contributed by atoms with Crippen LogP contribution in [0.25, 0.3) is 0 Å². The van der Waals surface area contributed by atoms with Gasteiger partial charge < -0.3 is 19.7 Å². The van der Waals surface area contributed by atoms with E-state index >= 15 is 0 Å². The maximum atomic E-state index is 5.69. The Balaban J connectivity index is 1.78. The van der Waals surface area contributed by atoms with Crippen molar-refractivity contribution in [3.8, 4) is 5.75 Å². The Morgan fingerprint density at radius 1 is 1.20 bits per heavy atom. The maximum Gasteiger partial charge on any atom is 0.119 e. The fourth-order valence-corrected chi connectivity index (χ4v) is 2.28. The molecule has 2 rings (SSSR count). The molecule has 0 spiro atoms. The Hall–Kier alpha value is -1.26. The van der Waals surface area contributed by atoms with Crippen LogP contribution in [0.3, 0.4) is 0 Å². The first kappa shape index (κ1) is 15.1. The summed E-state index contributed by atoms with van der Waals surface area (Å²) in [6, 6.07) is 8.78. The lowest BCUT2D eigenvalue weighted by Crippen LogP contribution is -2.20. The molecule has 0 bridgehead atoms.